The van der Waals surface area contributed by atoms with Crippen LogP contribution in [0.3, 0.4) is 0 Å². The summed E-state index contributed by atoms with van der Waals surface area (Å²) in [6, 6.07) is 8.52. The minimum absolute atomic E-state index is 0.152. The van der Waals surface area contributed by atoms with Crippen molar-refractivity contribution in [3.8, 4) is 0 Å². The fourth-order valence-electron chi connectivity index (χ4n) is 3.86. The van der Waals surface area contributed by atoms with Gasteiger partial charge in [0.2, 0.25) is 0 Å². The molecule has 32 heavy (non-hydrogen) atoms. The molecule has 7 nitrogen and oxygen atoms in total. The Hall–Kier alpha value is -2.70. The number of oxime groups is 3. The average Bonchev–Trinajstić information content (AvgIpc) is 2.73. The molecule has 0 radical (unpaired) electrons. The Morgan fingerprint density at radius 1 is 0.969 bits per heavy atom. The van der Waals surface area contributed by atoms with Crippen molar-refractivity contribution in [3.05, 3.63) is 35.4 Å². The van der Waals surface area contributed by atoms with Crippen LogP contribution in [0.2, 0.25) is 0 Å². The molecule has 0 saturated heterocycles. The number of rotatable bonds is 11. The van der Waals surface area contributed by atoms with Crippen LogP contribution in [-0.2, 0) is 4.84 Å². The first-order chi connectivity index (χ1) is 14.9. The van der Waals surface area contributed by atoms with Crippen molar-refractivity contribution in [2.24, 2.45) is 26.8 Å². The molecule has 1 rings (SSSR count). The van der Waals surface area contributed by atoms with E-state index in [1.807, 2.05) is 0 Å². The van der Waals surface area contributed by atoms with Gasteiger partial charge in [0, 0.05) is 6.42 Å². The minimum atomic E-state index is -0.152. The summed E-state index contributed by atoms with van der Waals surface area (Å²) in [4.78, 5) is 4.82. The third-order valence-corrected chi connectivity index (χ3v) is 5.72. The molecule has 2 atom stereocenters. The van der Waals surface area contributed by atoms with Gasteiger partial charge in [0.15, 0.2) is 0 Å². The molecule has 0 amide bonds. The van der Waals surface area contributed by atoms with Gasteiger partial charge in [-0.05, 0) is 61.0 Å². The first kappa shape index (κ1) is 27.3. The smallest absolute Gasteiger partial charge is 0.106 e. The first-order valence-corrected chi connectivity index (χ1v) is 11.1. The van der Waals surface area contributed by atoms with Gasteiger partial charge in [-0.25, -0.2) is 0 Å². The lowest BCUT2D eigenvalue weighted by atomic mass is 9.76. The SMILES string of the molecule is CO/N=C(C)/C(CC(CC(=N)/C(C)=N/O)c1ccc(C(CC(C)(C)C)C(C)C)cc1)=N\O. The molecule has 7 heteroatoms. The molecule has 1 aromatic carbocycles. The molecule has 2 unspecified atom stereocenters. The molecular weight excluding hydrogens is 404 g/mol. The molecule has 0 heterocycles. The van der Waals surface area contributed by atoms with Crippen molar-refractivity contribution in [2.45, 2.75) is 79.6 Å². The van der Waals surface area contributed by atoms with E-state index < -0.39 is 0 Å². The summed E-state index contributed by atoms with van der Waals surface area (Å²) in [7, 11) is 1.44. The van der Waals surface area contributed by atoms with Crippen LogP contribution >= 0.6 is 0 Å². The maximum absolute atomic E-state index is 9.53. The van der Waals surface area contributed by atoms with Crippen LogP contribution in [0.4, 0.5) is 0 Å². The van der Waals surface area contributed by atoms with Gasteiger partial charge in [-0.2, -0.15) is 0 Å². The van der Waals surface area contributed by atoms with Gasteiger partial charge in [0.25, 0.3) is 0 Å². The molecule has 0 aromatic heterocycles. The highest BCUT2D eigenvalue weighted by molar-refractivity contribution is 6.42. The molecule has 178 valence electrons. The maximum atomic E-state index is 9.53. The Morgan fingerprint density at radius 2 is 1.53 bits per heavy atom. The van der Waals surface area contributed by atoms with Crippen molar-refractivity contribution in [2.75, 3.05) is 7.11 Å². The second-order valence-corrected chi connectivity index (χ2v) is 9.96. The van der Waals surface area contributed by atoms with Gasteiger partial charge in [-0.1, -0.05) is 74.4 Å². The number of nitrogens with one attached hydrogen (secondary N) is 1. The lowest BCUT2D eigenvalue weighted by molar-refractivity contribution is 0.213. The highest BCUT2D eigenvalue weighted by Crippen LogP contribution is 2.37. The standard InChI is InChI=1S/C25H40N4O3/c1-16(2)22(15-25(5,6)7)20-11-9-19(10-12-20)21(13-23(26)17(3)27-30)14-24(28-31)18(4)29-32-8/h9-12,16,21-22,26,30-31H,13-15H2,1-8H3/b26-23?,27-17+,28-24-,29-18+. The highest BCUT2D eigenvalue weighted by atomic mass is 16.6. The zero-order valence-corrected chi connectivity index (χ0v) is 20.8. The molecule has 1 aromatic rings. The number of hydrogen-bond donors (Lipinski definition) is 3. The molecular formula is C25H40N4O3. The Morgan fingerprint density at radius 3 is 1.97 bits per heavy atom. The highest BCUT2D eigenvalue weighted by Gasteiger charge is 2.24. The van der Waals surface area contributed by atoms with E-state index in [2.05, 4.69) is 74.4 Å². The van der Waals surface area contributed by atoms with E-state index in [0.717, 1.165) is 12.0 Å². The van der Waals surface area contributed by atoms with Crippen molar-refractivity contribution >= 4 is 22.8 Å². The number of nitrogens with zero attached hydrogens (tertiary/aromatic N) is 3. The van der Waals surface area contributed by atoms with E-state index in [1.165, 1.54) is 12.7 Å². The summed E-state index contributed by atoms with van der Waals surface area (Å²) < 4.78 is 0. The Labute approximate surface area is 192 Å². The van der Waals surface area contributed by atoms with Gasteiger partial charge in [-0.3, -0.25) is 0 Å². The summed E-state index contributed by atoms with van der Waals surface area (Å²) in [5.74, 6) is 0.824. The Bertz CT molecular complexity index is 834. The van der Waals surface area contributed by atoms with Crippen LogP contribution in [0.1, 0.15) is 90.7 Å². The lowest BCUT2D eigenvalue weighted by Gasteiger charge is -2.29. The van der Waals surface area contributed by atoms with Gasteiger partial charge < -0.3 is 20.7 Å². The van der Waals surface area contributed by atoms with Gasteiger partial charge in [0.1, 0.15) is 18.5 Å². The quantitative estimate of drug-likeness (QED) is 0.207. The predicted octanol–water partition coefficient (Wildman–Crippen LogP) is 6.45. The van der Waals surface area contributed by atoms with Crippen molar-refractivity contribution in [1.82, 2.24) is 0 Å². The van der Waals surface area contributed by atoms with E-state index in [1.54, 1.807) is 13.8 Å². The summed E-state index contributed by atoms with van der Waals surface area (Å²) in [6.07, 6.45) is 1.80. The Balaban J connectivity index is 3.29. The third-order valence-electron chi connectivity index (χ3n) is 5.72. The predicted molar refractivity (Wildman–Crippen MR) is 132 cm³/mol. The average molecular weight is 445 g/mol. The minimum Gasteiger partial charge on any atom is -0.411 e. The van der Waals surface area contributed by atoms with Crippen LogP contribution in [0, 0.1) is 16.7 Å². The molecule has 0 aliphatic heterocycles. The normalized spacial score (nSPS) is 15.6. The fourth-order valence-corrected chi connectivity index (χ4v) is 3.86. The molecule has 3 N–H and O–H groups in total. The molecule has 0 aliphatic rings. The third kappa shape index (κ3) is 8.44. The zero-order chi connectivity index (χ0) is 24.5. The second-order valence-electron chi connectivity index (χ2n) is 9.96. The van der Waals surface area contributed by atoms with E-state index in [0.29, 0.717) is 36.1 Å². The topological polar surface area (TPSA) is 111 Å². The summed E-state index contributed by atoms with van der Waals surface area (Å²) in [6.45, 7) is 14.6. The monoisotopic (exact) mass is 444 g/mol. The van der Waals surface area contributed by atoms with Crippen LogP contribution in [0.15, 0.2) is 39.7 Å². The summed E-state index contributed by atoms with van der Waals surface area (Å²) in [5.41, 5.74) is 3.91. The second kappa shape index (κ2) is 12.4. The zero-order valence-electron chi connectivity index (χ0n) is 20.8. The van der Waals surface area contributed by atoms with E-state index in [9.17, 15) is 5.21 Å². The Kier molecular flexibility index (Phi) is 10.6. The van der Waals surface area contributed by atoms with Crippen LogP contribution < -0.4 is 0 Å². The summed E-state index contributed by atoms with van der Waals surface area (Å²) >= 11 is 0. The van der Waals surface area contributed by atoms with Gasteiger partial charge in [-0.15, -0.1) is 0 Å². The van der Waals surface area contributed by atoms with Gasteiger partial charge >= 0.3 is 0 Å². The van der Waals surface area contributed by atoms with Crippen molar-refractivity contribution in [1.29, 1.82) is 5.41 Å². The molecule has 0 aliphatic carbocycles. The number of hydrogen-bond acceptors (Lipinski definition) is 7. The first-order valence-electron chi connectivity index (χ1n) is 11.1. The van der Waals surface area contributed by atoms with E-state index >= 15 is 0 Å². The molecule has 0 spiro atoms. The van der Waals surface area contributed by atoms with Crippen LogP contribution in [-0.4, -0.2) is 40.4 Å². The fraction of sp³-hybridized carbons (Fsp3) is 0.600. The van der Waals surface area contributed by atoms with Gasteiger partial charge in [0.05, 0.1) is 11.4 Å². The van der Waals surface area contributed by atoms with Crippen LogP contribution in [0.25, 0.3) is 0 Å². The summed E-state index contributed by atoms with van der Waals surface area (Å²) in [5, 5.41) is 37.3. The van der Waals surface area contributed by atoms with Crippen LogP contribution in [0.5, 0.6) is 0 Å². The maximum Gasteiger partial charge on any atom is 0.106 e. The van der Waals surface area contributed by atoms with Crippen molar-refractivity contribution in [3.63, 3.8) is 0 Å². The lowest BCUT2D eigenvalue weighted by Crippen LogP contribution is -2.20. The number of benzene rings is 1. The molecule has 0 fully saturated rings. The molecule has 0 saturated carbocycles. The van der Waals surface area contributed by atoms with E-state index in [-0.39, 0.29) is 22.8 Å². The van der Waals surface area contributed by atoms with Crippen molar-refractivity contribution < 1.29 is 15.3 Å². The van der Waals surface area contributed by atoms with E-state index in [4.69, 9.17) is 15.5 Å². The molecule has 0 bridgehead atoms. The largest absolute Gasteiger partial charge is 0.411 e.